The summed E-state index contributed by atoms with van der Waals surface area (Å²) in [4.78, 5) is 4.22. The molecule has 7 heteroatoms. The van der Waals surface area contributed by atoms with Crippen molar-refractivity contribution in [3.8, 4) is 0 Å². The number of nitrogens with one attached hydrogen (secondary N) is 1. The molecule has 0 bridgehead atoms. The number of hydrogen-bond donors (Lipinski definition) is 2. The molecule has 3 N–H and O–H groups in total. The van der Waals surface area contributed by atoms with Crippen LogP contribution < -0.4 is 11.1 Å². The van der Waals surface area contributed by atoms with Crippen LogP contribution in [0, 0.1) is 5.82 Å². The lowest BCUT2D eigenvalue weighted by Gasteiger charge is -2.04. The molecule has 0 saturated heterocycles. The van der Waals surface area contributed by atoms with Crippen molar-refractivity contribution in [1.29, 1.82) is 0 Å². The van der Waals surface area contributed by atoms with Gasteiger partial charge in [-0.05, 0) is 24.3 Å². The van der Waals surface area contributed by atoms with Crippen LogP contribution in [0.25, 0.3) is 11.1 Å². The van der Waals surface area contributed by atoms with Gasteiger partial charge in [-0.15, -0.1) is 0 Å². The average molecular weight is 312 g/mol. The van der Waals surface area contributed by atoms with Gasteiger partial charge in [0.1, 0.15) is 5.52 Å². The molecule has 0 aliphatic rings. The van der Waals surface area contributed by atoms with Gasteiger partial charge in [-0.25, -0.2) is 4.39 Å². The van der Waals surface area contributed by atoms with Gasteiger partial charge in [-0.1, -0.05) is 23.2 Å². The minimum atomic E-state index is -0.663. The van der Waals surface area contributed by atoms with E-state index in [2.05, 4.69) is 10.3 Å². The minimum absolute atomic E-state index is 0.0830. The van der Waals surface area contributed by atoms with Crippen LogP contribution in [-0.4, -0.2) is 4.98 Å². The van der Waals surface area contributed by atoms with E-state index in [1.165, 1.54) is 12.1 Å². The second-order valence-electron chi connectivity index (χ2n) is 4.13. The zero-order valence-electron chi connectivity index (χ0n) is 9.95. The molecular weight excluding hydrogens is 304 g/mol. The third kappa shape index (κ3) is 2.37. The number of nitrogens with two attached hydrogens (primary N) is 1. The highest BCUT2D eigenvalue weighted by molar-refractivity contribution is 6.35. The molecule has 0 fully saturated rings. The third-order valence-corrected chi connectivity index (χ3v) is 3.20. The summed E-state index contributed by atoms with van der Waals surface area (Å²) in [6.07, 6.45) is 0. The van der Waals surface area contributed by atoms with Crippen LogP contribution in [0.2, 0.25) is 10.0 Å². The number of hydrogen-bond acceptors (Lipinski definition) is 4. The number of oxazole rings is 1. The number of rotatable bonds is 2. The van der Waals surface area contributed by atoms with E-state index in [1.54, 1.807) is 18.2 Å². The lowest BCUT2D eigenvalue weighted by molar-refractivity contribution is 0.621. The number of benzene rings is 2. The molecule has 4 nitrogen and oxygen atoms in total. The second-order valence-corrected chi connectivity index (χ2v) is 4.94. The fraction of sp³-hybridized carbons (Fsp3) is 0. The van der Waals surface area contributed by atoms with E-state index in [0.29, 0.717) is 22.5 Å². The maximum absolute atomic E-state index is 13.3. The summed E-state index contributed by atoms with van der Waals surface area (Å²) in [5.41, 5.74) is 7.91. The molecule has 0 saturated carbocycles. The first-order valence-corrected chi connectivity index (χ1v) is 6.36. The topological polar surface area (TPSA) is 64.1 Å². The Morgan fingerprint density at radius 1 is 1.15 bits per heavy atom. The number of halogens is 3. The normalized spacial score (nSPS) is 10.9. The van der Waals surface area contributed by atoms with Gasteiger partial charge in [0.15, 0.2) is 11.4 Å². The summed E-state index contributed by atoms with van der Waals surface area (Å²) in [5.74, 6) is -0.663. The predicted octanol–water partition coefficient (Wildman–Crippen LogP) is 4.60. The van der Waals surface area contributed by atoms with Crippen molar-refractivity contribution >= 4 is 51.7 Å². The van der Waals surface area contributed by atoms with E-state index in [0.717, 1.165) is 0 Å². The quantitative estimate of drug-likeness (QED) is 0.536. The Labute approximate surface area is 123 Å². The monoisotopic (exact) mass is 311 g/mol. The fourth-order valence-electron chi connectivity index (χ4n) is 1.75. The zero-order chi connectivity index (χ0) is 14.3. The van der Waals surface area contributed by atoms with Gasteiger partial charge in [-0.2, -0.15) is 4.98 Å². The molecule has 0 aliphatic heterocycles. The van der Waals surface area contributed by atoms with Crippen molar-refractivity contribution in [3.63, 3.8) is 0 Å². The molecule has 1 heterocycles. The molecule has 20 heavy (non-hydrogen) atoms. The van der Waals surface area contributed by atoms with Crippen LogP contribution in [0.1, 0.15) is 0 Å². The summed E-state index contributed by atoms with van der Waals surface area (Å²) >= 11 is 11.4. The number of nitrogens with zero attached hydrogens (tertiary/aromatic N) is 1. The second kappa shape index (κ2) is 4.85. The van der Waals surface area contributed by atoms with Gasteiger partial charge in [0.05, 0.1) is 10.0 Å². The average Bonchev–Trinajstić information content (AvgIpc) is 2.77. The standard InChI is InChI=1S/C13H8Cl2FN3O/c14-8-4-7(5-9(15)12(8)16)18-13-19-10-2-1-6(17)3-11(10)20-13/h1-5H,17H2,(H,18,19). The smallest absolute Gasteiger partial charge is 0.300 e. The molecule has 0 atom stereocenters. The van der Waals surface area contributed by atoms with Crippen molar-refractivity contribution in [3.05, 3.63) is 46.2 Å². The van der Waals surface area contributed by atoms with Gasteiger partial charge in [-0.3, -0.25) is 0 Å². The lowest BCUT2D eigenvalue weighted by atomic mass is 10.3. The molecule has 102 valence electrons. The first-order chi connectivity index (χ1) is 9.52. The molecule has 0 radical (unpaired) electrons. The molecule has 1 aromatic heterocycles. The van der Waals surface area contributed by atoms with Crippen molar-refractivity contribution in [1.82, 2.24) is 4.98 Å². The Morgan fingerprint density at radius 2 is 1.85 bits per heavy atom. The highest BCUT2D eigenvalue weighted by atomic mass is 35.5. The summed E-state index contributed by atoms with van der Waals surface area (Å²) in [5, 5.41) is 2.70. The van der Waals surface area contributed by atoms with Crippen LogP contribution in [0.15, 0.2) is 34.7 Å². The van der Waals surface area contributed by atoms with Crippen molar-refractivity contribution < 1.29 is 8.81 Å². The van der Waals surface area contributed by atoms with Crippen LogP contribution in [-0.2, 0) is 0 Å². The molecular formula is C13H8Cl2FN3O. The van der Waals surface area contributed by atoms with E-state index < -0.39 is 5.82 Å². The molecule has 0 unspecified atom stereocenters. The van der Waals surface area contributed by atoms with E-state index in [4.69, 9.17) is 33.4 Å². The van der Waals surface area contributed by atoms with E-state index in [9.17, 15) is 4.39 Å². The number of aromatic nitrogens is 1. The SMILES string of the molecule is Nc1ccc2nc(Nc3cc(Cl)c(F)c(Cl)c3)oc2c1. The Kier molecular flexibility index (Phi) is 3.16. The van der Waals surface area contributed by atoms with E-state index in [-0.39, 0.29) is 16.1 Å². The van der Waals surface area contributed by atoms with E-state index >= 15 is 0 Å². The summed E-state index contributed by atoms with van der Waals surface area (Å²) in [7, 11) is 0. The van der Waals surface area contributed by atoms with Crippen molar-refractivity contribution in [2.75, 3.05) is 11.1 Å². The van der Waals surface area contributed by atoms with Gasteiger partial charge in [0.2, 0.25) is 0 Å². The molecule has 0 aliphatic carbocycles. The fourth-order valence-corrected chi connectivity index (χ4v) is 2.23. The summed E-state index contributed by atoms with van der Waals surface area (Å²) in [6.45, 7) is 0. The van der Waals surface area contributed by atoms with Crippen LogP contribution in [0.4, 0.5) is 21.8 Å². The zero-order valence-corrected chi connectivity index (χ0v) is 11.5. The predicted molar refractivity (Wildman–Crippen MR) is 78.1 cm³/mol. The highest BCUT2D eigenvalue weighted by Crippen LogP contribution is 2.30. The lowest BCUT2D eigenvalue weighted by Crippen LogP contribution is -1.91. The van der Waals surface area contributed by atoms with Crippen molar-refractivity contribution in [2.24, 2.45) is 0 Å². The third-order valence-electron chi connectivity index (χ3n) is 2.65. The molecule has 2 aromatic carbocycles. The summed E-state index contributed by atoms with van der Waals surface area (Å²) < 4.78 is 18.8. The van der Waals surface area contributed by atoms with Gasteiger partial charge >= 0.3 is 0 Å². The Hall–Kier alpha value is -1.98. The maximum atomic E-state index is 13.3. The molecule has 3 rings (SSSR count). The number of fused-ring (bicyclic) bond motifs is 1. The Balaban J connectivity index is 1.96. The van der Waals surface area contributed by atoms with Crippen LogP contribution in [0.5, 0.6) is 0 Å². The first-order valence-electron chi connectivity index (χ1n) is 5.60. The van der Waals surface area contributed by atoms with Crippen molar-refractivity contribution in [2.45, 2.75) is 0 Å². The summed E-state index contributed by atoms with van der Waals surface area (Å²) in [6, 6.07) is 8.16. The number of nitrogen functional groups attached to an aromatic ring is 1. The Bertz CT molecular complexity index is 780. The van der Waals surface area contributed by atoms with Gasteiger partial charge in [0.25, 0.3) is 6.01 Å². The van der Waals surface area contributed by atoms with Crippen LogP contribution in [0.3, 0.4) is 0 Å². The largest absolute Gasteiger partial charge is 0.423 e. The maximum Gasteiger partial charge on any atom is 0.300 e. The van der Waals surface area contributed by atoms with Gasteiger partial charge in [0, 0.05) is 17.4 Å². The minimum Gasteiger partial charge on any atom is -0.423 e. The molecule has 3 aromatic rings. The highest BCUT2D eigenvalue weighted by Gasteiger charge is 2.10. The van der Waals surface area contributed by atoms with E-state index in [1.807, 2.05) is 0 Å². The first kappa shape index (κ1) is 13.0. The Morgan fingerprint density at radius 3 is 2.55 bits per heavy atom. The molecule has 0 amide bonds. The van der Waals surface area contributed by atoms with Gasteiger partial charge < -0.3 is 15.5 Å². The number of anilines is 3. The van der Waals surface area contributed by atoms with Crippen LogP contribution >= 0.6 is 23.2 Å². The molecule has 0 spiro atoms.